The summed E-state index contributed by atoms with van der Waals surface area (Å²) in [7, 11) is 0. The Balaban J connectivity index is 2.76. The third kappa shape index (κ3) is 3.20. The van der Waals surface area contributed by atoms with E-state index < -0.39 is 6.10 Å². The first kappa shape index (κ1) is 10.7. The summed E-state index contributed by atoms with van der Waals surface area (Å²) in [6, 6.07) is 4.87. The van der Waals surface area contributed by atoms with Crippen molar-refractivity contribution in [2.24, 2.45) is 0 Å². The second kappa shape index (κ2) is 4.78. The van der Waals surface area contributed by atoms with Crippen LogP contribution in [0.3, 0.4) is 0 Å². The largest absolute Gasteiger partial charge is 0.392 e. The van der Waals surface area contributed by atoms with Crippen molar-refractivity contribution in [2.75, 3.05) is 0 Å². The summed E-state index contributed by atoms with van der Waals surface area (Å²) < 4.78 is 13.0. The quantitative estimate of drug-likeness (QED) is 0.677. The third-order valence-corrected chi connectivity index (χ3v) is 1.80. The van der Waals surface area contributed by atoms with Crippen LogP contribution in [0.15, 0.2) is 18.2 Å². The van der Waals surface area contributed by atoms with Crippen LogP contribution in [0, 0.1) is 24.6 Å². The molecule has 1 atom stereocenters. The number of rotatable bonds is 1. The standard InChI is InChI=1S/C12H13FO/c1-9-6-7-11(8-12(9)13)5-3-4-10(2)14/h6-8,10,14H,4H2,1-2H3. The van der Waals surface area contributed by atoms with Crippen LogP contribution in [-0.2, 0) is 0 Å². The highest BCUT2D eigenvalue weighted by molar-refractivity contribution is 5.36. The van der Waals surface area contributed by atoms with Gasteiger partial charge >= 0.3 is 0 Å². The summed E-state index contributed by atoms with van der Waals surface area (Å²) in [6.07, 6.45) is -0.0204. The van der Waals surface area contributed by atoms with E-state index in [4.69, 9.17) is 5.11 Å². The molecule has 0 aromatic heterocycles. The maximum atomic E-state index is 13.0. The Morgan fingerprint density at radius 1 is 1.50 bits per heavy atom. The lowest BCUT2D eigenvalue weighted by Gasteiger charge is -1.96. The molecule has 1 N–H and O–H groups in total. The molecule has 1 unspecified atom stereocenters. The molecule has 0 bridgehead atoms. The second-order valence-corrected chi connectivity index (χ2v) is 3.32. The molecule has 74 valence electrons. The number of hydrogen-bond acceptors (Lipinski definition) is 1. The highest BCUT2D eigenvalue weighted by Crippen LogP contribution is 2.07. The number of benzene rings is 1. The van der Waals surface area contributed by atoms with Crippen LogP contribution in [0.4, 0.5) is 4.39 Å². The zero-order chi connectivity index (χ0) is 10.6. The van der Waals surface area contributed by atoms with Crippen molar-refractivity contribution in [3.63, 3.8) is 0 Å². The Kier molecular flexibility index (Phi) is 3.67. The molecule has 0 saturated carbocycles. The summed E-state index contributed by atoms with van der Waals surface area (Å²) >= 11 is 0. The van der Waals surface area contributed by atoms with E-state index >= 15 is 0 Å². The van der Waals surface area contributed by atoms with Gasteiger partial charge in [-0.3, -0.25) is 0 Å². The summed E-state index contributed by atoms with van der Waals surface area (Å²) in [5.41, 5.74) is 1.26. The van der Waals surface area contributed by atoms with E-state index in [1.54, 1.807) is 26.0 Å². The fourth-order valence-corrected chi connectivity index (χ4v) is 0.971. The Morgan fingerprint density at radius 2 is 2.21 bits per heavy atom. The van der Waals surface area contributed by atoms with Gasteiger partial charge in [0.15, 0.2) is 0 Å². The Morgan fingerprint density at radius 3 is 2.79 bits per heavy atom. The molecular formula is C12H13FO. The molecule has 0 heterocycles. The molecule has 0 aliphatic heterocycles. The molecule has 0 amide bonds. The topological polar surface area (TPSA) is 20.2 Å². The highest BCUT2D eigenvalue weighted by atomic mass is 19.1. The maximum Gasteiger partial charge on any atom is 0.127 e. The van der Waals surface area contributed by atoms with Gasteiger partial charge < -0.3 is 5.11 Å². The van der Waals surface area contributed by atoms with Gasteiger partial charge in [-0.25, -0.2) is 4.39 Å². The molecule has 0 spiro atoms. The summed E-state index contributed by atoms with van der Waals surface area (Å²) in [5.74, 6) is 5.33. The van der Waals surface area contributed by atoms with E-state index in [0.29, 0.717) is 17.5 Å². The Labute approximate surface area is 83.6 Å². The van der Waals surface area contributed by atoms with Gasteiger partial charge in [0, 0.05) is 12.0 Å². The molecule has 0 aliphatic carbocycles. The monoisotopic (exact) mass is 192 g/mol. The van der Waals surface area contributed by atoms with Gasteiger partial charge in [-0.1, -0.05) is 17.9 Å². The van der Waals surface area contributed by atoms with E-state index in [1.165, 1.54) is 6.07 Å². The van der Waals surface area contributed by atoms with Gasteiger partial charge in [0.2, 0.25) is 0 Å². The number of hydrogen-bond donors (Lipinski definition) is 1. The second-order valence-electron chi connectivity index (χ2n) is 3.32. The SMILES string of the molecule is Cc1ccc(C#CCC(C)O)cc1F. The number of aliphatic hydroxyl groups is 1. The fourth-order valence-electron chi connectivity index (χ4n) is 0.971. The lowest BCUT2D eigenvalue weighted by Crippen LogP contribution is -1.95. The van der Waals surface area contributed by atoms with Crippen molar-refractivity contribution in [2.45, 2.75) is 26.4 Å². The smallest absolute Gasteiger partial charge is 0.127 e. The fraction of sp³-hybridized carbons (Fsp3) is 0.333. The van der Waals surface area contributed by atoms with Gasteiger partial charge in [-0.05, 0) is 31.5 Å². The van der Waals surface area contributed by atoms with E-state index in [-0.39, 0.29) is 5.82 Å². The first-order valence-corrected chi connectivity index (χ1v) is 4.52. The molecule has 1 aromatic rings. The minimum Gasteiger partial charge on any atom is -0.392 e. The predicted molar refractivity (Wildman–Crippen MR) is 54.3 cm³/mol. The van der Waals surface area contributed by atoms with Crippen molar-refractivity contribution in [1.82, 2.24) is 0 Å². The van der Waals surface area contributed by atoms with E-state index in [1.807, 2.05) is 0 Å². The van der Waals surface area contributed by atoms with E-state index in [0.717, 1.165) is 0 Å². The normalized spacial score (nSPS) is 11.7. The molecule has 0 fully saturated rings. The van der Waals surface area contributed by atoms with Gasteiger partial charge in [0.05, 0.1) is 6.10 Å². The van der Waals surface area contributed by atoms with Crippen LogP contribution in [0.2, 0.25) is 0 Å². The maximum absolute atomic E-state index is 13.0. The van der Waals surface area contributed by atoms with Gasteiger partial charge in [0.25, 0.3) is 0 Å². The molecule has 1 nitrogen and oxygen atoms in total. The first-order valence-electron chi connectivity index (χ1n) is 4.52. The molecule has 1 aromatic carbocycles. The van der Waals surface area contributed by atoms with Crippen LogP contribution in [0.1, 0.15) is 24.5 Å². The molecule has 2 heteroatoms. The summed E-state index contributed by atoms with van der Waals surface area (Å²) in [5, 5.41) is 8.95. The minimum atomic E-state index is -0.433. The molecule has 0 radical (unpaired) electrons. The van der Waals surface area contributed by atoms with Crippen molar-refractivity contribution >= 4 is 0 Å². The number of halogens is 1. The first-order chi connectivity index (χ1) is 6.59. The van der Waals surface area contributed by atoms with Gasteiger partial charge in [-0.2, -0.15) is 0 Å². The van der Waals surface area contributed by atoms with Crippen molar-refractivity contribution in [3.8, 4) is 11.8 Å². The molecule has 1 rings (SSSR count). The van der Waals surface area contributed by atoms with Crippen LogP contribution in [0.5, 0.6) is 0 Å². The van der Waals surface area contributed by atoms with Gasteiger partial charge in [-0.15, -0.1) is 0 Å². The summed E-state index contributed by atoms with van der Waals surface area (Å²) in [6.45, 7) is 3.38. The average Bonchev–Trinajstić information content (AvgIpc) is 2.10. The van der Waals surface area contributed by atoms with Crippen molar-refractivity contribution in [3.05, 3.63) is 35.1 Å². The van der Waals surface area contributed by atoms with Crippen molar-refractivity contribution < 1.29 is 9.50 Å². The lowest BCUT2D eigenvalue weighted by atomic mass is 10.1. The van der Waals surface area contributed by atoms with Crippen LogP contribution < -0.4 is 0 Å². The van der Waals surface area contributed by atoms with Crippen molar-refractivity contribution in [1.29, 1.82) is 0 Å². The Bertz CT molecular complexity index is 372. The van der Waals surface area contributed by atoms with Crippen LogP contribution in [0.25, 0.3) is 0 Å². The number of aryl methyl sites for hydroxylation is 1. The number of aliphatic hydroxyl groups excluding tert-OH is 1. The van der Waals surface area contributed by atoms with E-state index in [2.05, 4.69) is 11.8 Å². The molecule has 0 aliphatic rings. The zero-order valence-electron chi connectivity index (χ0n) is 8.34. The molecule has 14 heavy (non-hydrogen) atoms. The molecule has 0 saturated heterocycles. The predicted octanol–water partition coefficient (Wildman–Crippen LogP) is 2.26. The van der Waals surface area contributed by atoms with Crippen LogP contribution >= 0.6 is 0 Å². The lowest BCUT2D eigenvalue weighted by molar-refractivity contribution is 0.201. The van der Waals surface area contributed by atoms with Gasteiger partial charge in [0.1, 0.15) is 5.82 Å². The summed E-state index contributed by atoms with van der Waals surface area (Å²) in [4.78, 5) is 0. The van der Waals surface area contributed by atoms with Crippen LogP contribution in [-0.4, -0.2) is 11.2 Å². The molecular weight excluding hydrogens is 179 g/mol. The third-order valence-electron chi connectivity index (χ3n) is 1.80. The highest BCUT2D eigenvalue weighted by Gasteiger charge is 1.96. The zero-order valence-corrected chi connectivity index (χ0v) is 8.34. The average molecular weight is 192 g/mol. The minimum absolute atomic E-state index is 0.242. The van der Waals surface area contributed by atoms with E-state index in [9.17, 15) is 4.39 Å². The Hall–Kier alpha value is -1.33.